The number of benzene rings is 1. The summed E-state index contributed by atoms with van der Waals surface area (Å²) in [5.74, 6) is -0.524. The number of methoxy groups -OCH3 is 2. The number of nitrogen functional groups attached to an aromatic ring is 1. The molecule has 0 saturated carbocycles. The van der Waals surface area contributed by atoms with Gasteiger partial charge in [-0.15, -0.1) is 0 Å². The highest BCUT2D eigenvalue weighted by molar-refractivity contribution is 6.00. The molecule has 1 aromatic carbocycles. The van der Waals surface area contributed by atoms with Gasteiger partial charge in [-0.3, -0.25) is 9.59 Å². The van der Waals surface area contributed by atoms with Gasteiger partial charge in [-0.1, -0.05) is 0 Å². The molecule has 4 N–H and O–H groups in total. The van der Waals surface area contributed by atoms with Gasteiger partial charge < -0.3 is 25.8 Å². The van der Waals surface area contributed by atoms with Crippen LogP contribution in [0, 0.1) is 0 Å². The predicted molar refractivity (Wildman–Crippen MR) is 88.5 cm³/mol. The van der Waals surface area contributed by atoms with Gasteiger partial charge >= 0.3 is 0 Å². The Hall–Kier alpha value is -2.12. The molecule has 0 atom stereocenters. The number of rotatable bonds is 10. The molecule has 7 heteroatoms. The van der Waals surface area contributed by atoms with Gasteiger partial charge in [0.05, 0.1) is 0 Å². The first-order chi connectivity index (χ1) is 11.1. The molecular formula is C16H25N3O4. The van der Waals surface area contributed by atoms with Crippen LogP contribution >= 0.6 is 0 Å². The molecule has 1 aromatic rings. The zero-order valence-electron chi connectivity index (χ0n) is 13.7. The Labute approximate surface area is 136 Å². The molecule has 0 aliphatic heterocycles. The SMILES string of the molecule is COCCCNC(=O)c1cc(N)cc(C(=O)NCCCOC)c1. The first-order valence-corrected chi connectivity index (χ1v) is 7.53. The Balaban J connectivity index is 2.63. The van der Waals surface area contributed by atoms with Crippen molar-refractivity contribution < 1.29 is 19.1 Å². The fraction of sp³-hybridized carbons (Fsp3) is 0.500. The van der Waals surface area contributed by atoms with Crippen molar-refractivity contribution in [2.24, 2.45) is 0 Å². The van der Waals surface area contributed by atoms with Crippen molar-refractivity contribution in [1.29, 1.82) is 0 Å². The normalized spacial score (nSPS) is 10.3. The summed E-state index contributed by atoms with van der Waals surface area (Å²) < 4.78 is 9.84. The smallest absolute Gasteiger partial charge is 0.251 e. The standard InChI is InChI=1S/C16H25N3O4/c1-22-7-3-5-18-15(20)12-9-13(11-14(17)10-12)16(21)19-6-4-8-23-2/h9-11H,3-8,17H2,1-2H3,(H,18,20)(H,19,21). The number of anilines is 1. The van der Waals surface area contributed by atoms with E-state index in [-0.39, 0.29) is 11.8 Å². The van der Waals surface area contributed by atoms with Crippen molar-refractivity contribution in [2.45, 2.75) is 12.8 Å². The van der Waals surface area contributed by atoms with E-state index in [9.17, 15) is 9.59 Å². The molecule has 0 radical (unpaired) electrons. The van der Waals surface area contributed by atoms with Crippen molar-refractivity contribution in [2.75, 3.05) is 46.3 Å². The molecule has 0 aromatic heterocycles. The molecule has 0 heterocycles. The van der Waals surface area contributed by atoms with E-state index in [1.54, 1.807) is 26.4 Å². The third-order valence-electron chi connectivity index (χ3n) is 3.10. The van der Waals surface area contributed by atoms with E-state index in [1.165, 1.54) is 6.07 Å². The molecule has 0 fully saturated rings. The number of nitrogens with one attached hydrogen (secondary N) is 2. The number of hydrogen-bond donors (Lipinski definition) is 3. The topological polar surface area (TPSA) is 103 Å². The van der Waals surface area contributed by atoms with Gasteiger partial charge in [0.1, 0.15) is 0 Å². The monoisotopic (exact) mass is 323 g/mol. The lowest BCUT2D eigenvalue weighted by atomic mass is 10.1. The van der Waals surface area contributed by atoms with Gasteiger partial charge in [-0.25, -0.2) is 0 Å². The van der Waals surface area contributed by atoms with Crippen LogP contribution in [0.1, 0.15) is 33.6 Å². The average Bonchev–Trinajstić information content (AvgIpc) is 2.54. The molecule has 2 amide bonds. The van der Waals surface area contributed by atoms with Gasteiger partial charge in [-0.2, -0.15) is 0 Å². The van der Waals surface area contributed by atoms with E-state index in [2.05, 4.69) is 10.6 Å². The fourth-order valence-corrected chi connectivity index (χ4v) is 1.95. The van der Waals surface area contributed by atoms with Crippen molar-refractivity contribution in [3.63, 3.8) is 0 Å². The lowest BCUT2D eigenvalue weighted by Gasteiger charge is -2.09. The first kappa shape index (κ1) is 18.9. The fourth-order valence-electron chi connectivity index (χ4n) is 1.95. The van der Waals surface area contributed by atoms with Gasteiger partial charge in [0.2, 0.25) is 0 Å². The molecule has 0 spiro atoms. The minimum atomic E-state index is -0.262. The summed E-state index contributed by atoms with van der Waals surface area (Å²) in [6, 6.07) is 4.63. The van der Waals surface area contributed by atoms with Crippen LogP contribution in [0.2, 0.25) is 0 Å². The van der Waals surface area contributed by atoms with E-state index >= 15 is 0 Å². The molecule has 0 bridgehead atoms. The highest BCUT2D eigenvalue weighted by Crippen LogP contribution is 2.12. The van der Waals surface area contributed by atoms with E-state index in [4.69, 9.17) is 15.2 Å². The maximum Gasteiger partial charge on any atom is 0.251 e. The van der Waals surface area contributed by atoms with Crippen molar-refractivity contribution >= 4 is 17.5 Å². The van der Waals surface area contributed by atoms with Crippen LogP contribution in [0.4, 0.5) is 5.69 Å². The van der Waals surface area contributed by atoms with Gasteiger partial charge in [-0.05, 0) is 31.0 Å². The number of ether oxygens (including phenoxy) is 2. The molecule has 7 nitrogen and oxygen atoms in total. The molecule has 0 aliphatic rings. The molecule has 0 unspecified atom stereocenters. The van der Waals surface area contributed by atoms with Crippen molar-refractivity contribution in [3.8, 4) is 0 Å². The molecule has 0 aliphatic carbocycles. The predicted octanol–water partition coefficient (Wildman–Crippen LogP) is 0.801. The Morgan fingerprint density at radius 2 is 1.35 bits per heavy atom. The lowest BCUT2D eigenvalue weighted by Crippen LogP contribution is -2.27. The van der Waals surface area contributed by atoms with Crippen LogP contribution in [-0.2, 0) is 9.47 Å². The molecule has 128 valence electrons. The van der Waals surface area contributed by atoms with Crippen LogP contribution in [0.15, 0.2) is 18.2 Å². The summed E-state index contributed by atoms with van der Waals surface area (Å²) >= 11 is 0. The number of hydrogen-bond acceptors (Lipinski definition) is 5. The minimum absolute atomic E-state index is 0.262. The third kappa shape index (κ3) is 7.12. The highest BCUT2D eigenvalue weighted by Gasteiger charge is 2.12. The second-order valence-electron chi connectivity index (χ2n) is 5.05. The van der Waals surface area contributed by atoms with Crippen molar-refractivity contribution in [3.05, 3.63) is 29.3 Å². The van der Waals surface area contributed by atoms with Crippen LogP contribution in [0.5, 0.6) is 0 Å². The molecule has 1 rings (SSSR count). The van der Waals surface area contributed by atoms with Crippen LogP contribution in [-0.4, -0.2) is 52.3 Å². The second-order valence-corrected chi connectivity index (χ2v) is 5.05. The largest absolute Gasteiger partial charge is 0.399 e. The summed E-state index contributed by atoms with van der Waals surface area (Å²) in [4.78, 5) is 24.2. The van der Waals surface area contributed by atoms with Crippen LogP contribution in [0.25, 0.3) is 0 Å². The quantitative estimate of drug-likeness (QED) is 0.436. The first-order valence-electron chi connectivity index (χ1n) is 7.53. The Morgan fingerprint density at radius 3 is 1.74 bits per heavy atom. The summed E-state index contributed by atoms with van der Waals surface area (Å²) in [7, 11) is 3.22. The van der Waals surface area contributed by atoms with Gasteiger partial charge in [0.25, 0.3) is 11.8 Å². The summed E-state index contributed by atoms with van der Waals surface area (Å²) in [6.45, 7) is 2.15. The average molecular weight is 323 g/mol. The summed E-state index contributed by atoms with van der Waals surface area (Å²) in [5.41, 5.74) is 6.89. The van der Waals surface area contributed by atoms with Crippen LogP contribution in [0.3, 0.4) is 0 Å². The minimum Gasteiger partial charge on any atom is -0.399 e. The number of carbonyl (C=O) groups is 2. The number of nitrogens with two attached hydrogens (primary N) is 1. The zero-order chi connectivity index (χ0) is 17.1. The maximum absolute atomic E-state index is 12.1. The van der Waals surface area contributed by atoms with Gasteiger partial charge in [0.15, 0.2) is 0 Å². The van der Waals surface area contributed by atoms with E-state index in [1.807, 2.05) is 0 Å². The summed E-state index contributed by atoms with van der Waals surface area (Å²) in [6.07, 6.45) is 1.44. The molecule has 23 heavy (non-hydrogen) atoms. The van der Waals surface area contributed by atoms with E-state index in [0.717, 1.165) is 12.8 Å². The Kier molecular flexibility index (Phi) is 8.71. The third-order valence-corrected chi connectivity index (χ3v) is 3.10. The Morgan fingerprint density at radius 1 is 0.913 bits per heavy atom. The molecule has 0 saturated heterocycles. The van der Waals surface area contributed by atoms with Crippen molar-refractivity contribution in [1.82, 2.24) is 10.6 Å². The Bertz CT molecular complexity index is 478. The zero-order valence-corrected chi connectivity index (χ0v) is 13.7. The summed E-state index contributed by atoms with van der Waals surface area (Å²) in [5, 5.41) is 5.53. The maximum atomic E-state index is 12.1. The number of amides is 2. The highest BCUT2D eigenvalue weighted by atomic mass is 16.5. The van der Waals surface area contributed by atoms with E-state index in [0.29, 0.717) is 43.1 Å². The number of carbonyl (C=O) groups excluding carboxylic acids is 2. The molecular weight excluding hydrogens is 298 g/mol. The van der Waals surface area contributed by atoms with Gasteiger partial charge in [0, 0.05) is 57.3 Å². The lowest BCUT2D eigenvalue weighted by molar-refractivity contribution is 0.0947. The van der Waals surface area contributed by atoms with Crippen LogP contribution < -0.4 is 16.4 Å². The van der Waals surface area contributed by atoms with E-state index < -0.39 is 0 Å². The second kappa shape index (κ2) is 10.6.